The topological polar surface area (TPSA) is 260 Å². The molecule has 24 heteroatoms. The minimum absolute atomic E-state index is 0.0784. The number of aliphatic hydroxyl groups is 1. The lowest BCUT2D eigenvalue weighted by Crippen LogP contribution is -2.40. The van der Waals surface area contributed by atoms with E-state index in [4.69, 9.17) is 29.3 Å². The van der Waals surface area contributed by atoms with Gasteiger partial charge in [-0.15, -0.1) is 0 Å². The van der Waals surface area contributed by atoms with Gasteiger partial charge < -0.3 is 55.3 Å². The number of phenolic OH excluding ortho intramolecular Hbond substituents is 1. The number of phenols is 1. The third kappa shape index (κ3) is 17.0. The van der Waals surface area contributed by atoms with Gasteiger partial charge in [0.05, 0.1) is 30.1 Å². The Bertz CT molecular complexity index is 3020. The van der Waals surface area contributed by atoms with E-state index in [1.165, 1.54) is 19.2 Å². The lowest BCUT2D eigenvalue weighted by atomic mass is 10.0. The number of rotatable bonds is 15. The number of ether oxygens (including phenoxy) is 2. The van der Waals surface area contributed by atoms with Crippen molar-refractivity contribution in [1.29, 1.82) is 0 Å². The number of aliphatic hydroxyl groups excluding tert-OH is 1. The molecule has 0 saturated carbocycles. The number of piperidine rings is 1. The number of aromatic hydroxyl groups is 1. The summed E-state index contributed by atoms with van der Waals surface area (Å²) < 4.78 is 74.8. The number of benzene rings is 5. The van der Waals surface area contributed by atoms with Crippen molar-refractivity contribution >= 4 is 57.8 Å². The molecule has 0 spiro atoms. The van der Waals surface area contributed by atoms with Crippen molar-refractivity contribution in [3.05, 3.63) is 148 Å². The first-order valence-electron chi connectivity index (χ1n) is 23.0. The van der Waals surface area contributed by atoms with Gasteiger partial charge in [0.15, 0.2) is 0 Å². The van der Waals surface area contributed by atoms with Gasteiger partial charge in [-0.05, 0) is 78.1 Å². The number of methoxy groups -OCH3 is 1. The van der Waals surface area contributed by atoms with Gasteiger partial charge in [-0.2, -0.15) is 26.3 Å². The predicted octanol–water partition coefficient (Wildman–Crippen LogP) is 8.32. The molecule has 1 atom stereocenters. The first-order valence-corrected chi connectivity index (χ1v) is 23.0. The fourth-order valence-corrected chi connectivity index (χ4v) is 7.58. The molecule has 18 nitrogen and oxygen atoms in total. The fourth-order valence-electron chi connectivity index (χ4n) is 7.58. The highest BCUT2D eigenvalue weighted by atomic mass is 19.4. The van der Waals surface area contributed by atoms with Gasteiger partial charge in [0.2, 0.25) is 11.5 Å². The first kappa shape index (κ1) is 58.4. The number of aromatic amines is 1. The van der Waals surface area contributed by atoms with E-state index in [0.29, 0.717) is 78.3 Å². The summed E-state index contributed by atoms with van der Waals surface area (Å²) in [6.07, 6.45) is -10.2. The van der Waals surface area contributed by atoms with Crippen molar-refractivity contribution in [3.63, 3.8) is 0 Å². The Morgan fingerprint density at radius 1 is 0.789 bits per heavy atom. The summed E-state index contributed by atoms with van der Waals surface area (Å²) in [5.74, 6) is -5.62. The van der Waals surface area contributed by atoms with Gasteiger partial charge in [-0.25, -0.2) is 14.4 Å². The smallest absolute Gasteiger partial charge is 0.490 e. The zero-order chi connectivity index (χ0) is 55.7. The summed E-state index contributed by atoms with van der Waals surface area (Å²) in [5, 5.41) is 44.9. The van der Waals surface area contributed by atoms with Gasteiger partial charge >= 0.3 is 30.4 Å². The average molecular weight is 1070 g/mol. The number of pyridine rings is 1. The van der Waals surface area contributed by atoms with Gasteiger partial charge in [-0.3, -0.25) is 19.7 Å². The number of anilines is 3. The quantitative estimate of drug-likeness (QED) is 0.0450. The number of carboxylic acid groups (broad SMARTS) is 2. The molecule has 76 heavy (non-hydrogen) atoms. The van der Waals surface area contributed by atoms with E-state index in [-0.39, 0.29) is 47.7 Å². The summed E-state index contributed by atoms with van der Waals surface area (Å²) in [5.41, 5.74) is 5.32. The number of nitrogens with zero attached hydrogens (tertiary/aromatic N) is 2. The van der Waals surface area contributed by atoms with Crippen molar-refractivity contribution in [2.75, 3.05) is 55.9 Å². The second kappa shape index (κ2) is 26.6. The third-order valence-corrected chi connectivity index (χ3v) is 11.5. The second-order valence-electron chi connectivity index (χ2n) is 16.8. The highest BCUT2D eigenvalue weighted by molar-refractivity contribution is 6.06. The highest BCUT2D eigenvalue weighted by Crippen LogP contribution is 2.31. The van der Waals surface area contributed by atoms with Crippen molar-refractivity contribution in [1.82, 2.24) is 15.2 Å². The van der Waals surface area contributed by atoms with Crippen LogP contribution in [0.25, 0.3) is 22.0 Å². The number of fused-ring (bicyclic) bond motifs is 1. The molecule has 0 radical (unpaired) electrons. The monoisotopic (exact) mass is 1070 g/mol. The zero-order valence-electron chi connectivity index (χ0n) is 40.6. The average Bonchev–Trinajstić information content (AvgIpc) is 3.39. The number of para-hydroxylation sites is 1. The number of hydrogen-bond donors (Lipinski definition) is 8. The number of carboxylic acids is 2. The van der Waals surface area contributed by atoms with Crippen LogP contribution < -0.4 is 31.1 Å². The van der Waals surface area contributed by atoms with E-state index in [1.54, 1.807) is 60.5 Å². The SMILES string of the molecule is COc1cc(CNC[C@H](O)c2ccc(O)c3[nH]c(=O)ccc23)ccc1NC(=O)c1cccc(N(C)C(=O)CCN2CCC(OC(=O)Nc3ccccc3-c3ccccc3)CC2)c1.O=C(O)C(F)(F)F.O=C(O)C(F)(F)F. The minimum Gasteiger partial charge on any atom is -0.506 e. The Morgan fingerprint density at radius 2 is 1.43 bits per heavy atom. The van der Waals surface area contributed by atoms with Gasteiger partial charge in [0.1, 0.15) is 17.6 Å². The van der Waals surface area contributed by atoms with E-state index >= 15 is 0 Å². The molecule has 0 aliphatic carbocycles. The number of aromatic nitrogens is 1. The normalized spacial score (nSPS) is 13.2. The Kier molecular flexibility index (Phi) is 20.5. The summed E-state index contributed by atoms with van der Waals surface area (Å²) in [6.45, 7) is 2.51. The zero-order valence-corrected chi connectivity index (χ0v) is 40.6. The van der Waals surface area contributed by atoms with E-state index in [9.17, 15) is 55.7 Å². The van der Waals surface area contributed by atoms with Gasteiger partial charge in [0.25, 0.3) is 5.91 Å². The van der Waals surface area contributed by atoms with Crippen LogP contribution in [-0.4, -0.2) is 119 Å². The van der Waals surface area contributed by atoms with E-state index in [0.717, 1.165) is 16.7 Å². The second-order valence-corrected chi connectivity index (χ2v) is 16.8. The van der Waals surface area contributed by atoms with Crippen LogP contribution in [0.5, 0.6) is 11.5 Å². The van der Waals surface area contributed by atoms with Crippen molar-refractivity contribution < 1.29 is 80.2 Å². The number of halogens is 6. The molecule has 1 aromatic heterocycles. The number of H-pyrrole nitrogens is 1. The van der Waals surface area contributed by atoms with Crippen LogP contribution in [0, 0.1) is 0 Å². The number of hydrogen-bond acceptors (Lipinski definition) is 12. The van der Waals surface area contributed by atoms with E-state index in [2.05, 4.69) is 25.8 Å². The number of carbonyl (C=O) groups excluding carboxylic acids is 3. The lowest BCUT2D eigenvalue weighted by molar-refractivity contribution is -0.193. The molecule has 1 fully saturated rings. The van der Waals surface area contributed by atoms with E-state index < -0.39 is 36.5 Å². The Labute approximate surface area is 429 Å². The summed E-state index contributed by atoms with van der Waals surface area (Å²) in [6, 6.07) is 35.7. The van der Waals surface area contributed by atoms with Crippen LogP contribution >= 0.6 is 0 Å². The van der Waals surface area contributed by atoms with Gasteiger partial charge in [0, 0.05) is 74.5 Å². The number of amides is 3. The van der Waals surface area contributed by atoms with Crippen LogP contribution in [0.15, 0.2) is 126 Å². The van der Waals surface area contributed by atoms with Crippen LogP contribution in [0.4, 0.5) is 48.2 Å². The molecule has 1 aliphatic rings. The number of alkyl halides is 6. The molecule has 5 aromatic carbocycles. The van der Waals surface area contributed by atoms with Crippen molar-refractivity contribution in [3.8, 4) is 22.6 Å². The van der Waals surface area contributed by atoms with Crippen LogP contribution in [-0.2, 0) is 25.7 Å². The maximum Gasteiger partial charge on any atom is 0.490 e. The largest absolute Gasteiger partial charge is 0.506 e. The minimum atomic E-state index is -5.08. The molecule has 8 N–H and O–H groups in total. The van der Waals surface area contributed by atoms with Crippen LogP contribution in [0.3, 0.4) is 0 Å². The number of carbonyl (C=O) groups is 5. The molecule has 7 rings (SSSR count). The van der Waals surface area contributed by atoms with Crippen LogP contribution in [0.2, 0.25) is 0 Å². The molecule has 1 saturated heterocycles. The maximum absolute atomic E-state index is 13.4. The number of likely N-dealkylation sites (tertiary alicyclic amines) is 1. The number of nitrogens with one attached hydrogen (secondary N) is 4. The molecular weight excluding hydrogens is 1010 g/mol. The predicted molar refractivity (Wildman–Crippen MR) is 267 cm³/mol. The summed E-state index contributed by atoms with van der Waals surface area (Å²) in [4.78, 5) is 75.5. The molecule has 3 amide bonds. The summed E-state index contributed by atoms with van der Waals surface area (Å²) in [7, 11) is 3.20. The molecule has 0 bridgehead atoms. The first-order chi connectivity index (χ1) is 35.9. The fraction of sp³-hybridized carbons (Fsp3) is 0.269. The Hall–Kier alpha value is -8.48. The lowest BCUT2D eigenvalue weighted by Gasteiger charge is -2.31. The highest BCUT2D eigenvalue weighted by Gasteiger charge is 2.39. The number of aliphatic carboxylic acids is 2. The van der Waals surface area contributed by atoms with Gasteiger partial charge in [-0.1, -0.05) is 66.7 Å². The molecule has 6 aromatic rings. The van der Waals surface area contributed by atoms with Crippen molar-refractivity contribution in [2.24, 2.45) is 0 Å². The Balaban J connectivity index is 0.000000671. The maximum atomic E-state index is 13.4. The molecular formula is C52H52F6N6O12. The molecule has 404 valence electrons. The third-order valence-electron chi connectivity index (χ3n) is 11.5. The van der Waals surface area contributed by atoms with E-state index in [1.807, 2.05) is 60.7 Å². The molecule has 1 aliphatic heterocycles. The van der Waals surface area contributed by atoms with Crippen LogP contribution in [0.1, 0.15) is 46.9 Å². The van der Waals surface area contributed by atoms with Crippen molar-refractivity contribution in [2.45, 2.75) is 50.4 Å². The molecule has 0 unspecified atom stereocenters. The summed E-state index contributed by atoms with van der Waals surface area (Å²) >= 11 is 0. The standard InChI is InChI=1S/C48H50N6O8.2C2HF3O2/c1-53(45(58)23-26-54-24-21-35(22-25-54)62-48(60)51-39-14-7-6-13-36(39)32-9-4-3-5-10-32)34-12-8-11-33(28-34)47(59)50-40-18-15-31(27-43(40)61-2)29-49-30-42(56)37-16-19-41(55)46-38(37)17-20-44(57)52-46;2*3-2(4,5)1(6)7/h3-20,27-28,35,42,49,55-56H,21-26,29-30H2,1-2H3,(H,50,59)(H,51,60)(H,52,57);2*(H,6,7)/t42-;;/m0../s1. The molecule has 2 heterocycles. The Morgan fingerprint density at radius 3 is 2.08 bits per heavy atom.